The minimum atomic E-state index is -4.69. The molecule has 0 aromatic heterocycles. The van der Waals surface area contributed by atoms with Gasteiger partial charge in [-0.05, 0) is 49.6 Å². The molecule has 0 unspecified atom stereocenters. The number of benzene rings is 2. The van der Waals surface area contributed by atoms with Gasteiger partial charge in [0.1, 0.15) is 0 Å². The van der Waals surface area contributed by atoms with Gasteiger partial charge in [-0.2, -0.15) is 8.78 Å². The van der Waals surface area contributed by atoms with Crippen LogP contribution in [0.3, 0.4) is 0 Å². The highest BCUT2D eigenvalue weighted by Gasteiger charge is 2.45. The normalized spacial score (nSPS) is 22.8. The molecule has 1 amide bonds. The smallest absolute Gasteiger partial charge is 0.341 e. The zero-order valence-corrected chi connectivity index (χ0v) is 19.8. The summed E-state index contributed by atoms with van der Waals surface area (Å²) in [5.41, 5.74) is 0.997. The topological polar surface area (TPSA) is 72.9 Å². The lowest BCUT2D eigenvalue weighted by molar-refractivity contribution is -0.190. The average Bonchev–Trinajstić information content (AvgIpc) is 2.84. The van der Waals surface area contributed by atoms with Gasteiger partial charge in [0.05, 0.1) is 22.7 Å². The summed E-state index contributed by atoms with van der Waals surface area (Å²) in [6.45, 7) is 3.58. The molecule has 6 nitrogen and oxygen atoms in total. The van der Waals surface area contributed by atoms with E-state index in [9.17, 15) is 22.0 Å². The summed E-state index contributed by atoms with van der Waals surface area (Å²) in [7, 11) is -4.69. The van der Waals surface area contributed by atoms with Crippen molar-refractivity contribution in [3.8, 4) is 0 Å². The molecule has 4 rings (SSSR count). The van der Waals surface area contributed by atoms with Gasteiger partial charge < -0.3 is 14.4 Å². The van der Waals surface area contributed by atoms with Crippen LogP contribution >= 0.6 is 0 Å². The van der Waals surface area contributed by atoms with Crippen LogP contribution in [0.2, 0.25) is 0 Å². The van der Waals surface area contributed by atoms with Gasteiger partial charge in [0.15, 0.2) is 0 Å². The Morgan fingerprint density at radius 3 is 2.35 bits per heavy atom. The third kappa shape index (κ3) is 5.16. The highest BCUT2D eigenvalue weighted by atomic mass is 32.2. The van der Waals surface area contributed by atoms with Gasteiger partial charge in [-0.25, -0.2) is 8.42 Å². The number of nitrogens with zero attached hydrogens (tertiary/aromatic N) is 1. The van der Waals surface area contributed by atoms with Crippen molar-refractivity contribution in [2.24, 2.45) is 0 Å². The molecule has 0 N–H and O–H groups in total. The number of hydrogen-bond donors (Lipinski definition) is 0. The van der Waals surface area contributed by atoms with Gasteiger partial charge in [-0.1, -0.05) is 30.3 Å². The van der Waals surface area contributed by atoms with Crippen LogP contribution < -0.4 is 0 Å². The molecule has 2 aliphatic rings. The number of carbonyl (C=O) groups is 1. The molecule has 34 heavy (non-hydrogen) atoms. The lowest BCUT2D eigenvalue weighted by Crippen LogP contribution is -2.52. The number of likely N-dealkylation sites (tertiary alicyclic amines) is 1. The van der Waals surface area contributed by atoms with Gasteiger partial charge in [-0.15, -0.1) is 0 Å². The van der Waals surface area contributed by atoms with E-state index in [1.807, 2.05) is 25.1 Å². The summed E-state index contributed by atoms with van der Waals surface area (Å²) >= 11 is 0. The minimum absolute atomic E-state index is 0.0712. The zero-order chi connectivity index (χ0) is 24.3. The summed E-state index contributed by atoms with van der Waals surface area (Å²) in [4.78, 5) is 14.2. The highest BCUT2D eigenvalue weighted by molar-refractivity contribution is 7.91. The van der Waals surface area contributed by atoms with E-state index in [0.29, 0.717) is 32.5 Å². The standard InChI is InChI=1S/C25H29F2NO5S/c1-2-32-20-16-22(18-6-4-3-5-7-18)33-25(17-20)12-14-28(15-13-25)23(29)19-8-10-21(11-9-19)34(30,31)24(26)27/h3-11,20,22,24H,2,12-17H2,1H3/t20-,22-/m0/s1. The summed E-state index contributed by atoms with van der Waals surface area (Å²) in [6.07, 6.45) is 2.88. The molecule has 2 saturated heterocycles. The van der Waals surface area contributed by atoms with Crippen molar-refractivity contribution in [2.75, 3.05) is 19.7 Å². The molecule has 9 heteroatoms. The highest BCUT2D eigenvalue weighted by Crippen LogP contribution is 2.44. The maximum Gasteiger partial charge on any atom is 0.341 e. The molecule has 2 atom stereocenters. The lowest BCUT2D eigenvalue weighted by Gasteiger charge is -2.48. The molecule has 0 radical (unpaired) electrons. The summed E-state index contributed by atoms with van der Waals surface area (Å²) in [6, 6.07) is 14.8. The number of halogens is 2. The first-order valence-corrected chi connectivity index (χ1v) is 13.0. The maximum atomic E-state index is 13.0. The van der Waals surface area contributed by atoms with E-state index in [1.165, 1.54) is 12.1 Å². The van der Waals surface area contributed by atoms with Crippen LogP contribution in [0.25, 0.3) is 0 Å². The maximum absolute atomic E-state index is 13.0. The second-order valence-corrected chi connectivity index (χ2v) is 10.8. The molecule has 0 aliphatic carbocycles. The lowest BCUT2D eigenvalue weighted by atomic mass is 9.80. The van der Waals surface area contributed by atoms with Crippen LogP contribution in [0.1, 0.15) is 54.6 Å². The third-order valence-corrected chi connectivity index (χ3v) is 8.07. The van der Waals surface area contributed by atoms with Crippen LogP contribution in [0, 0.1) is 0 Å². The van der Waals surface area contributed by atoms with Crippen molar-refractivity contribution >= 4 is 15.7 Å². The fraction of sp³-hybridized carbons (Fsp3) is 0.480. The van der Waals surface area contributed by atoms with Crippen LogP contribution in [-0.4, -0.2) is 56.4 Å². The van der Waals surface area contributed by atoms with Crippen LogP contribution in [0.4, 0.5) is 8.78 Å². The van der Waals surface area contributed by atoms with Crippen LogP contribution in [0.15, 0.2) is 59.5 Å². The van der Waals surface area contributed by atoms with Crippen LogP contribution in [-0.2, 0) is 19.3 Å². The largest absolute Gasteiger partial charge is 0.378 e. The fourth-order valence-electron chi connectivity index (χ4n) is 4.88. The Morgan fingerprint density at radius 2 is 1.76 bits per heavy atom. The Bertz CT molecular complexity index is 1080. The van der Waals surface area contributed by atoms with Crippen molar-refractivity contribution in [3.05, 3.63) is 65.7 Å². The Kier molecular flexibility index (Phi) is 7.35. The van der Waals surface area contributed by atoms with Crippen molar-refractivity contribution in [3.63, 3.8) is 0 Å². The number of piperidine rings is 1. The summed E-state index contributed by atoms with van der Waals surface area (Å²) in [5.74, 6) is -3.75. The van der Waals surface area contributed by atoms with Gasteiger partial charge in [-0.3, -0.25) is 4.79 Å². The second kappa shape index (κ2) is 10.1. The fourth-order valence-corrected chi connectivity index (χ4v) is 5.60. The molecule has 2 aromatic carbocycles. The van der Waals surface area contributed by atoms with E-state index in [1.54, 1.807) is 4.90 Å². The Hall–Kier alpha value is -2.36. The van der Waals surface area contributed by atoms with Crippen LogP contribution in [0.5, 0.6) is 0 Å². The number of alkyl halides is 2. The number of sulfone groups is 1. The summed E-state index contributed by atoms with van der Waals surface area (Å²) in [5, 5.41) is 0. The average molecular weight is 494 g/mol. The first kappa shape index (κ1) is 24.8. The number of hydrogen-bond acceptors (Lipinski definition) is 5. The Balaban J connectivity index is 1.44. The van der Waals surface area contributed by atoms with E-state index in [4.69, 9.17) is 9.47 Å². The predicted octanol–water partition coefficient (Wildman–Crippen LogP) is 4.61. The third-order valence-electron chi connectivity index (χ3n) is 6.67. The van der Waals surface area contributed by atoms with E-state index in [-0.39, 0.29) is 29.3 Å². The number of amides is 1. The van der Waals surface area contributed by atoms with Crippen molar-refractivity contribution < 1.29 is 31.5 Å². The SMILES string of the molecule is CCO[C@H]1C[C@@H](c2ccccc2)OC2(CCN(C(=O)c3ccc(S(=O)(=O)C(F)F)cc3)CC2)C1. The number of carbonyl (C=O) groups excluding carboxylic acids is 1. The van der Waals surface area contributed by atoms with Gasteiger partial charge in [0.25, 0.3) is 5.91 Å². The van der Waals surface area contributed by atoms with Gasteiger partial charge in [0.2, 0.25) is 9.84 Å². The molecule has 0 bridgehead atoms. The molecule has 2 fully saturated rings. The van der Waals surface area contributed by atoms with Crippen molar-refractivity contribution in [1.29, 1.82) is 0 Å². The monoisotopic (exact) mass is 493 g/mol. The quantitative estimate of drug-likeness (QED) is 0.588. The molecule has 2 aliphatic heterocycles. The number of ether oxygens (including phenoxy) is 2. The minimum Gasteiger partial charge on any atom is -0.378 e. The molecular formula is C25H29F2NO5S. The molecule has 1 spiro atoms. The summed E-state index contributed by atoms with van der Waals surface area (Å²) < 4.78 is 61.4. The van der Waals surface area contributed by atoms with Gasteiger partial charge >= 0.3 is 5.76 Å². The molecule has 2 heterocycles. The Morgan fingerprint density at radius 1 is 1.12 bits per heavy atom. The van der Waals surface area contributed by atoms with E-state index >= 15 is 0 Å². The van der Waals surface area contributed by atoms with Crippen molar-refractivity contribution in [2.45, 2.75) is 61.1 Å². The zero-order valence-electron chi connectivity index (χ0n) is 19.0. The van der Waals surface area contributed by atoms with E-state index in [0.717, 1.165) is 30.5 Å². The number of rotatable bonds is 6. The predicted molar refractivity (Wildman–Crippen MR) is 122 cm³/mol. The van der Waals surface area contributed by atoms with E-state index < -0.39 is 20.5 Å². The first-order chi connectivity index (χ1) is 16.2. The molecular weight excluding hydrogens is 464 g/mol. The first-order valence-electron chi connectivity index (χ1n) is 11.5. The molecule has 2 aromatic rings. The van der Waals surface area contributed by atoms with E-state index in [2.05, 4.69) is 12.1 Å². The van der Waals surface area contributed by atoms with Crippen molar-refractivity contribution in [1.82, 2.24) is 4.90 Å². The molecule has 184 valence electrons. The Labute approximate surface area is 198 Å². The second-order valence-electron chi connectivity index (χ2n) is 8.84. The molecule has 0 saturated carbocycles. The van der Waals surface area contributed by atoms with Gasteiger partial charge in [0, 0.05) is 38.1 Å².